The van der Waals surface area contributed by atoms with Gasteiger partial charge in [-0.2, -0.15) is 0 Å². The maximum Gasteiger partial charge on any atom is 0.408 e. The van der Waals surface area contributed by atoms with Gasteiger partial charge in [0.15, 0.2) is 0 Å². The summed E-state index contributed by atoms with van der Waals surface area (Å²) in [5.41, 5.74) is 3.01. The second-order valence-corrected chi connectivity index (χ2v) is 10.2. The molecule has 0 aliphatic rings. The Hall–Kier alpha value is -1.70. The van der Waals surface area contributed by atoms with E-state index >= 15 is 0 Å². The molecule has 35 heavy (non-hydrogen) atoms. The van der Waals surface area contributed by atoms with Gasteiger partial charge >= 0.3 is 5.13 Å². The van der Waals surface area contributed by atoms with Crippen LogP contribution in [-0.2, 0) is 16.5 Å². The molecule has 0 N–H and O–H groups in total. The quantitative estimate of drug-likeness (QED) is 0.162. The first-order chi connectivity index (χ1) is 16.7. The number of aryl methyl sites for hydroxylation is 2. The van der Waals surface area contributed by atoms with Crippen LogP contribution in [0, 0.1) is 6.92 Å². The Labute approximate surface area is 218 Å². The predicted octanol–water partition coefficient (Wildman–Crippen LogP) is 6.04. The highest BCUT2D eigenvalue weighted by atomic mass is 32.1. The number of hydrogen-bond acceptors (Lipinski definition) is 6. The van der Waals surface area contributed by atoms with E-state index < -0.39 is 0 Å². The van der Waals surface area contributed by atoms with Crippen molar-refractivity contribution in [3.05, 3.63) is 35.3 Å². The van der Waals surface area contributed by atoms with Crippen LogP contribution >= 0.6 is 11.3 Å². The zero-order valence-corrected chi connectivity index (χ0v) is 23.1. The second kappa shape index (κ2) is 15.4. The molecule has 4 radical (unpaired) electrons. The summed E-state index contributed by atoms with van der Waals surface area (Å²) >= 11 is 1.56. The summed E-state index contributed by atoms with van der Waals surface area (Å²) in [5.74, 6) is -0.130. The van der Waals surface area contributed by atoms with Gasteiger partial charge in [0, 0.05) is 37.4 Å². The van der Waals surface area contributed by atoms with Crippen molar-refractivity contribution in [3.8, 4) is 0 Å². The number of aromatic nitrogens is 1. The molecule has 9 heteroatoms. The van der Waals surface area contributed by atoms with Crippen molar-refractivity contribution in [3.63, 3.8) is 0 Å². The average Bonchev–Trinajstić information content (AvgIpc) is 3.26. The molecule has 0 saturated carbocycles. The Morgan fingerprint density at radius 2 is 1.69 bits per heavy atom. The summed E-state index contributed by atoms with van der Waals surface area (Å²) < 4.78 is 13.7. The molecule has 0 spiro atoms. The molecule has 0 aliphatic heterocycles. The van der Waals surface area contributed by atoms with Gasteiger partial charge in [0.1, 0.15) is 11.9 Å². The number of anilines is 1. The van der Waals surface area contributed by atoms with E-state index in [2.05, 4.69) is 61.9 Å². The van der Waals surface area contributed by atoms with Gasteiger partial charge in [-0.3, -0.25) is 0 Å². The molecule has 2 rings (SSSR count). The molecule has 188 valence electrons. The van der Waals surface area contributed by atoms with Crippen LogP contribution in [0.3, 0.4) is 0 Å². The summed E-state index contributed by atoms with van der Waals surface area (Å²) in [5, 5.41) is 11.7. The van der Waals surface area contributed by atoms with Crippen LogP contribution in [0.1, 0.15) is 52.5 Å². The highest BCUT2D eigenvalue weighted by Gasteiger charge is 2.16. The Bertz CT molecular complexity index is 911. The van der Waals surface area contributed by atoms with Crippen molar-refractivity contribution < 1.29 is 14.0 Å². The normalized spacial score (nSPS) is 15.3. The lowest BCUT2D eigenvalue weighted by atomic mass is 9.84. The Morgan fingerprint density at radius 1 is 1.03 bits per heavy atom. The zero-order valence-electron chi connectivity index (χ0n) is 22.3. The third kappa shape index (κ3) is 10.4. The predicted molar refractivity (Wildman–Crippen MR) is 148 cm³/mol. The smallest absolute Gasteiger partial charge is 0.379 e. The average molecular weight is 495 g/mol. The van der Waals surface area contributed by atoms with E-state index in [-0.39, 0.29) is 23.8 Å². The van der Waals surface area contributed by atoms with E-state index in [4.69, 9.17) is 25.2 Å². The largest absolute Gasteiger partial charge is 0.408 e. The van der Waals surface area contributed by atoms with Gasteiger partial charge in [-0.1, -0.05) is 19.7 Å². The number of azo groups is 1. The van der Waals surface area contributed by atoms with Crippen molar-refractivity contribution in [1.82, 2.24) is 0 Å². The lowest BCUT2D eigenvalue weighted by Gasteiger charge is -2.30. The highest BCUT2D eigenvalue weighted by Crippen LogP contribution is 2.28. The molecule has 1 heterocycles. The van der Waals surface area contributed by atoms with Crippen molar-refractivity contribution in [2.45, 2.75) is 77.7 Å². The molecule has 1 aromatic heterocycles. The van der Waals surface area contributed by atoms with Crippen molar-refractivity contribution in [1.29, 1.82) is 0 Å². The first-order valence-electron chi connectivity index (χ1n) is 12.7. The van der Waals surface area contributed by atoms with E-state index in [1.807, 2.05) is 29.3 Å². The number of benzene rings is 1. The molecule has 1 aromatic carbocycles. The molecular formula is C26H41B2N4O2S+. The third-order valence-electron chi connectivity index (χ3n) is 6.11. The van der Waals surface area contributed by atoms with Crippen LogP contribution < -0.4 is 9.47 Å². The van der Waals surface area contributed by atoms with Gasteiger partial charge in [-0.05, 0) is 86.1 Å². The number of rotatable bonds is 16. The summed E-state index contributed by atoms with van der Waals surface area (Å²) in [4.78, 5) is 2.29. The highest BCUT2D eigenvalue weighted by molar-refractivity contribution is 7.12. The zero-order chi connectivity index (χ0) is 25.8. The van der Waals surface area contributed by atoms with Crippen LogP contribution in [0.2, 0.25) is 11.6 Å². The van der Waals surface area contributed by atoms with E-state index in [0.717, 1.165) is 47.9 Å². The van der Waals surface area contributed by atoms with Crippen LogP contribution in [0.4, 0.5) is 16.5 Å². The van der Waals surface area contributed by atoms with E-state index in [0.29, 0.717) is 19.8 Å². The lowest BCUT2D eigenvalue weighted by Crippen LogP contribution is -2.31. The van der Waals surface area contributed by atoms with Gasteiger partial charge in [-0.25, -0.2) is 4.57 Å². The monoisotopic (exact) mass is 495 g/mol. The molecule has 4 atom stereocenters. The number of ether oxygens (including phenoxy) is 2. The minimum Gasteiger partial charge on any atom is -0.379 e. The maximum atomic E-state index is 6.46. The molecular weight excluding hydrogens is 454 g/mol. The molecule has 0 bridgehead atoms. The van der Waals surface area contributed by atoms with Crippen molar-refractivity contribution >= 4 is 43.5 Å². The minimum atomic E-state index is -0.102. The Kier molecular flexibility index (Phi) is 13.0. The van der Waals surface area contributed by atoms with Gasteiger partial charge in [-0.15, -0.1) is 0 Å². The maximum absolute atomic E-state index is 6.46. The molecule has 0 amide bonds. The van der Waals surface area contributed by atoms with Crippen LogP contribution in [0.15, 0.2) is 40.0 Å². The topological polar surface area (TPSA) is 50.3 Å². The van der Waals surface area contributed by atoms with Crippen LogP contribution in [-0.4, -0.2) is 54.2 Å². The summed E-state index contributed by atoms with van der Waals surface area (Å²) in [6.45, 7) is 13.0. The van der Waals surface area contributed by atoms with Gasteiger partial charge in [0.05, 0.1) is 40.1 Å². The fourth-order valence-electron chi connectivity index (χ4n) is 3.35. The fourth-order valence-corrected chi connectivity index (χ4v) is 4.03. The molecule has 2 aromatic rings. The van der Waals surface area contributed by atoms with E-state index in [1.54, 1.807) is 11.3 Å². The lowest BCUT2D eigenvalue weighted by molar-refractivity contribution is -0.654. The second-order valence-electron chi connectivity index (χ2n) is 9.33. The van der Waals surface area contributed by atoms with Crippen molar-refractivity contribution in [2.75, 3.05) is 31.2 Å². The van der Waals surface area contributed by atoms with E-state index in [9.17, 15) is 0 Å². The standard InChI is InChI=1S/C26H41B2N4O2S/c1-7-20(4)33-17-22(27)11-12-32(16-23(28)18-34-21(5)8-2)24-9-10-25(19(3)15-24)29-30-26-31(6)13-14-35-26/h9-10,13-15,20-23H,7-8,11-12,16-18H2,1-6H3/q+1. The minimum absolute atomic E-state index is 0.0280. The molecule has 0 fully saturated rings. The Morgan fingerprint density at radius 3 is 2.26 bits per heavy atom. The van der Waals surface area contributed by atoms with Gasteiger partial charge in [0.25, 0.3) is 0 Å². The van der Waals surface area contributed by atoms with E-state index in [1.165, 1.54) is 0 Å². The number of thiazole rings is 1. The molecule has 4 unspecified atom stereocenters. The SMILES string of the molecule is [B]C(CCN(CC([B])COC(C)CC)c1ccc(N=Nc2scc[n+]2C)c(C)c1)COC(C)CC. The summed E-state index contributed by atoms with van der Waals surface area (Å²) in [7, 11) is 14.8. The number of nitrogens with zero attached hydrogens (tertiary/aromatic N) is 4. The summed E-state index contributed by atoms with van der Waals surface area (Å²) in [6, 6.07) is 6.24. The molecule has 0 aliphatic carbocycles. The van der Waals surface area contributed by atoms with Gasteiger partial charge in [0.2, 0.25) is 0 Å². The van der Waals surface area contributed by atoms with Crippen molar-refractivity contribution in [2.24, 2.45) is 17.3 Å². The fraction of sp³-hybridized carbons (Fsp3) is 0.654. The molecule has 0 saturated heterocycles. The van der Waals surface area contributed by atoms with Gasteiger partial charge < -0.3 is 14.4 Å². The van der Waals surface area contributed by atoms with Crippen LogP contribution in [0.25, 0.3) is 0 Å². The van der Waals surface area contributed by atoms with Crippen LogP contribution in [0.5, 0.6) is 0 Å². The third-order valence-corrected chi connectivity index (χ3v) is 6.95. The first kappa shape index (κ1) is 29.5. The summed E-state index contributed by atoms with van der Waals surface area (Å²) in [6.07, 6.45) is 5.17. The first-order valence-corrected chi connectivity index (χ1v) is 13.6. The Balaban J connectivity index is 2.10. The number of hydrogen-bond donors (Lipinski definition) is 0. The molecule has 6 nitrogen and oxygen atoms in total.